The van der Waals surface area contributed by atoms with Gasteiger partial charge in [-0.1, -0.05) is 155 Å². The van der Waals surface area contributed by atoms with E-state index < -0.39 is 0 Å². The lowest BCUT2D eigenvalue weighted by molar-refractivity contribution is 0.170. The van der Waals surface area contributed by atoms with Crippen LogP contribution in [-0.4, -0.2) is 6.17 Å². The number of hydrogen-bond acceptors (Lipinski definition) is 3. The largest absolute Gasteiger partial charge is 0.282 e. The normalized spacial score (nSPS) is 32.0. The van der Waals surface area contributed by atoms with Crippen LogP contribution in [0.25, 0.3) is 16.7 Å². The highest BCUT2D eigenvalue weighted by atomic mass is 15.4. The minimum atomic E-state index is -0.0740. The van der Waals surface area contributed by atoms with E-state index in [0.29, 0.717) is 23.7 Å². The second-order valence-electron chi connectivity index (χ2n) is 15.8. The Morgan fingerprint density at radius 2 is 1.44 bits per heavy atom. The van der Waals surface area contributed by atoms with Crippen molar-refractivity contribution in [2.45, 2.75) is 64.4 Å². The van der Waals surface area contributed by atoms with Crippen LogP contribution in [0.15, 0.2) is 139 Å². The fourth-order valence-electron chi connectivity index (χ4n) is 10.0. The van der Waals surface area contributed by atoms with Gasteiger partial charge >= 0.3 is 0 Å². The van der Waals surface area contributed by atoms with Gasteiger partial charge in [-0.3, -0.25) is 16.0 Å². The molecule has 3 aromatic carbocycles. The van der Waals surface area contributed by atoms with E-state index in [1.165, 1.54) is 44.5 Å². The van der Waals surface area contributed by atoms with E-state index in [1.807, 2.05) is 0 Å². The Hall–Kier alpha value is -4.02. The molecule has 1 saturated heterocycles. The summed E-state index contributed by atoms with van der Waals surface area (Å²) < 4.78 is 0. The van der Waals surface area contributed by atoms with Crippen LogP contribution in [0.4, 0.5) is 0 Å². The summed E-state index contributed by atoms with van der Waals surface area (Å²) >= 11 is 0. The lowest BCUT2D eigenvalue weighted by atomic mass is 9.70. The fourth-order valence-corrected chi connectivity index (χ4v) is 10.0. The SMILES string of the molecule is CC1(C)C2=CC3C4CC=CC=C4C(C)(C)C3C=C2c2cccc(-c3cccc(C4NC(c5ccccc5)NC(C5C=CC=CC5)N4)c3)c21. The smallest absolute Gasteiger partial charge is 0.0862 e. The van der Waals surface area contributed by atoms with Gasteiger partial charge in [-0.05, 0) is 86.6 Å². The molecule has 0 aromatic heterocycles. The van der Waals surface area contributed by atoms with Crippen LogP contribution in [0.2, 0.25) is 0 Å². The van der Waals surface area contributed by atoms with Gasteiger partial charge in [0.05, 0.1) is 18.5 Å². The van der Waals surface area contributed by atoms with Gasteiger partial charge in [0.15, 0.2) is 0 Å². The number of fused-ring (bicyclic) bond motifs is 6. The van der Waals surface area contributed by atoms with Gasteiger partial charge in [0, 0.05) is 11.3 Å². The lowest BCUT2D eigenvalue weighted by Crippen LogP contribution is -2.61. The van der Waals surface area contributed by atoms with Crippen molar-refractivity contribution < 1.29 is 0 Å². The molecule has 1 aliphatic heterocycles. The van der Waals surface area contributed by atoms with Crippen LogP contribution < -0.4 is 16.0 Å². The zero-order chi connectivity index (χ0) is 32.6. The molecule has 0 amide bonds. The predicted molar refractivity (Wildman–Crippen MR) is 199 cm³/mol. The summed E-state index contributed by atoms with van der Waals surface area (Å²) in [5.74, 6) is 2.09. The summed E-state index contributed by atoms with van der Waals surface area (Å²) in [5, 5.41) is 11.7. The Labute approximate surface area is 286 Å². The van der Waals surface area contributed by atoms with E-state index in [1.54, 1.807) is 5.57 Å². The molecular weight excluding hydrogens is 583 g/mol. The molecule has 5 aliphatic carbocycles. The third-order valence-electron chi connectivity index (χ3n) is 12.4. The van der Waals surface area contributed by atoms with Crippen molar-refractivity contribution in [3.05, 3.63) is 161 Å². The standard InChI is InChI=1S/C45H47N3/c1-44(2)37-24-12-11-21-33(37)35-26-39-36(27-38(35)44)34-23-14-22-32(40(34)45(39,3)4)30-19-13-20-31(25-30)43-47-41(28-15-7-5-8-16-28)46-42(48-43)29-17-9-6-10-18-29/h5-17,19-20,22-27,29,33,35,38,41-43,46-48H,18,21H2,1-4H3. The van der Waals surface area contributed by atoms with E-state index in [9.17, 15) is 0 Å². The van der Waals surface area contributed by atoms with E-state index in [4.69, 9.17) is 0 Å². The molecular formula is C45H47N3. The van der Waals surface area contributed by atoms with Crippen molar-refractivity contribution in [1.82, 2.24) is 16.0 Å². The van der Waals surface area contributed by atoms with E-state index >= 15 is 0 Å². The van der Waals surface area contributed by atoms with Crippen molar-refractivity contribution >= 4 is 5.57 Å². The first kappa shape index (κ1) is 30.1. The average Bonchev–Trinajstić information content (AvgIpc) is 3.50. The number of allylic oxidation sites excluding steroid dienone is 11. The minimum Gasteiger partial charge on any atom is -0.282 e. The average molecular weight is 630 g/mol. The van der Waals surface area contributed by atoms with Crippen molar-refractivity contribution in [2.75, 3.05) is 0 Å². The first-order valence-corrected chi connectivity index (χ1v) is 18.0. The molecule has 6 aliphatic rings. The summed E-state index contributed by atoms with van der Waals surface area (Å²) in [6.07, 6.45) is 23.8. The first-order chi connectivity index (χ1) is 23.3. The molecule has 1 heterocycles. The van der Waals surface area contributed by atoms with Gasteiger partial charge in [0.2, 0.25) is 0 Å². The summed E-state index contributed by atoms with van der Waals surface area (Å²) in [6, 6.07) is 27.1. The lowest BCUT2D eigenvalue weighted by Gasteiger charge is -2.42. The van der Waals surface area contributed by atoms with Crippen molar-refractivity contribution in [1.29, 1.82) is 0 Å². The highest BCUT2D eigenvalue weighted by Gasteiger charge is 2.53. The first-order valence-electron chi connectivity index (χ1n) is 18.0. The molecule has 3 aromatic rings. The minimum absolute atomic E-state index is 0.00637. The molecule has 9 rings (SSSR count). The molecule has 0 bridgehead atoms. The number of benzene rings is 3. The molecule has 48 heavy (non-hydrogen) atoms. The third-order valence-corrected chi connectivity index (χ3v) is 12.4. The molecule has 1 saturated carbocycles. The molecule has 242 valence electrons. The summed E-state index contributed by atoms with van der Waals surface area (Å²) in [5.41, 5.74) is 12.8. The van der Waals surface area contributed by atoms with E-state index in [2.05, 4.69) is 171 Å². The topological polar surface area (TPSA) is 36.1 Å². The second-order valence-corrected chi connectivity index (χ2v) is 15.8. The van der Waals surface area contributed by atoms with Gasteiger partial charge < -0.3 is 0 Å². The summed E-state index contributed by atoms with van der Waals surface area (Å²) in [7, 11) is 0. The van der Waals surface area contributed by atoms with Crippen LogP contribution >= 0.6 is 0 Å². The molecule has 7 atom stereocenters. The van der Waals surface area contributed by atoms with Crippen LogP contribution in [0.1, 0.15) is 75.1 Å². The highest BCUT2D eigenvalue weighted by Crippen LogP contribution is 2.63. The number of nitrogens with one attached hydrogen (secondary N) is 3. The maximum atomic E-state index is 3.95. The second kappa shape index (κ2) is 11.3. The summed E-state index contributed by atoms with van der Waals surface area (Å²) in [6.45, 7) is 9.87. The zero-order valence-electron chi connectivity index (χ0n) is 28.6. The Balaban J connectivity index is 1.09. The van der Waals surface area contributed by atoms with Gasteiger partial charge in [-0.2, -0.15) is 0 Å². The van der Waals surface area contributed by atoms with Gasteiger partial charge in [0.25, 0.3) is 0 Å². The van der Waals surface area contributed by atoms with E-state index in [-0.39, 0.29) is 29.3 Å². The van der Waals surface area contributed by atoms with Crippen LogP contribution in [0.5, 0.6) is 0 Å². The Morgan fingerprint density at radius 1 is 0.688 bits per heavy atom. The van der Waals surface area contributed by atoms with Crippen molar-refractivity contribution in [2.24, 2.45) is 29.1 Å². The molecule has 2 fully saturated rings. The molecule has 7 unspecified atom stereocenters. The van der Waals surface area contributed by atoms with Gasteiger partial charge in [-0.15, -0.1) is 0 Å². The highest BCUT2D eigenvalue weighted by molar-refractivity contribution is 5.95. The maximum Gasteiger partial charge on any atom is 0.0862 e. The molecule has 0 radical (unpaired) electrons. The number of rotatable bonds is 4. The zero-order valence-corrected chi connectivity index (χ0v) is 28.6. The van der Waals surface area contributed by atoms with Crippen molar-refractivity contribution in [3.63, 3.8) is 0 Å². The van der Waals surface area contributed by atoms with E-state index in [0.717, 1.165) is 12.8 Å². The molecule has 3 N–H and O–H groups in total. The van der Waals surface area contributed by atoms with Crippen LogP contribution in [0, 0.1) is 29.1 Å². The van der Waals surface area contributed by atoms with Gasteiger partial charge in [-0.25, -0.2) is 0 Å². The molecule has 0 spiro atoms. The Kier molecular flexibility index (Phi) is 7.06. The maximum absolute atomic E-state index is 3.95. The Morgan fingerprint density at radius 3 is 2.25 bits per heavy atom. The summed E-state index contributed by atoms with van der Waals surface area (Å²) in [4.78, 5) is 0. The molecule has 3 heteroatoms. The van der Waals surface area contributed by atoms with Gasteiger partial charge in [0.1, 0.15) is 0 Å². The monoisotopic (exact) mass is 629 g/mol. The fraction of sp³-hybridized carbons (Fsp3) is 0.333. The predicted octanol–water partition coefficient (Wildman–Crippen LogP) is 9.68. The third kappa shape index (κ3) is 4.66. The number of hydrogen-bond donors (Lipinski definition) is 3. The van der Waals surface area contributed by atoms with Crippen molar-refractivity contribution in [3.8, 4) is 11.1 Å². The van der Waals surface area contributed by atoms with Crippen LogP contribution in [-0.2, 0) is 5.41 Å². The Bertz CT molecular complexity index is 1950. The quantitative estimate of drug-likeness (QED) is 0.269. The molecule has 3 nitrogen and oxygen atoms in total. The van der Waals surface area contributed by atoms with Crippen LogP contribution in [0.3, 0.4) is 0 Å².